The summed E-state index contributed by atoms with van der Waals surface area (Å²) in [7, 11) is 0. The van der Waals surface area contributed by atoms with E-state index in [-0.39, 0.29) is 23.3 Å². The zero-order valence-corrected chi connectivity index (χ0v) is 11.1. The van der Waals surface area contributed by atoms with Gasteiger partial charge in [-0.05, 0) is 25.7 Å². The second-order valence-electron chi connectivity index (χ2n) is 4.83. The van der Waals surface area contributed by atoms with E-state index in [4.69, 9.17) is 9.84 Å². The average molecular weight is 273 g/mol. The zero-order chi connectivity index (χ0) is 13.0. The molecule has 1 amide bonds. The maximum atomic E-state index is 11.7. The van der Waals surface area contributed by atoms with Crippen molar-refractivity contribution in [1.82, 2.24) is 5.32 Å². The first-order chi connectivity index (χ1) is 8.65. The van der Waals surface area contributed by atoms with Gasteiger partial charge in [0.2, 0.25) is 5.91 Å². The zero-order valence-electron chi connectivity index (χ0n) is 10.3. The Kier molecular flexibility index (Phi) is 4.88. The maximum Gasteiger partial charge on any atom is 0.316 e. The Bertz CT molecular complexity index is 317. The maximum absolute atomic E-state index is 11.7. The topological polar surface area (TPSA) is 75.6 Å². The second-order valence-corrected chi connectivity index (χ2v) is 6.07. The SMILES string of the molecule is O=C(CC[C@@H]1CCCO1)N[C@@H]1CS[C@H](C(=O)O)C1. The molecule has 2 heterocycles. The summed E-state index contributed by atoms with van der Waals surface area (Å²) in [6.45, 7) is 0.811. The quantitative estimate of drug-likeness (QED) is 0.782. The highest BCUT2D eigenvalue weighted by Crippen LogP contribution is 2.27. The fourth-order valence-corrected chi connectivity index (χ4v) is 3.56. The van der Waals surface area contributed by atoms with Crippen LogP contribution in [0.5, 0.6) is 0 Å². The molecule has 0 aromatic heterocycles. The molecule has 2 N–H and O–H groups in total. The molecular weight excluding hydrogens is 254 g/mol. The lowest BCUT2D eigenvalue weighted by atomic mass is 10.1. The predicted molar refractivity (Wildman–Crippen MR) is 68.6 cm³/mol. The molecule has 0 radical (unpaired) electrons. The minimum atomic E-state index is -0.781. The molecule has 2 fully saturated rings. The number of hydrogen-bond acceptors (Lipinski definition) is 4. The van der Waals surface area contributed by atoms with E-state index in [2.05, 4.69) is 5.32 Å². The third-order valence-electron chi connectivity index (χ3n) is 3.36. The van der Waals surface area contributed by atoms with Crippen molar-refractivity contribution in [3.8, 4) is 0 Å². The van der Waals surface area contributed by atoms with E-state index in [9.17, 15) is 9.59 Å². The fourth-order valence-electron chi connectivity index (χ4n) is 2.36. The van der Waals surface area contributed by atoms with Crippen LogP contribution in [0.25, 0.3) is 0 Å². The van der Waals surface area contributed by atoms with Crippen LogP contribution in [0.1, 0.15) is 32.1 Å². The van der Waals surface area contributed by atoms with Crippen LogP contribution in [0.15, 0.2) is 0 Å². The highest BCUT2D eigenvalue weighted by Gasteiger charge is 2.31. The number of hydrogen-bond donors (Lipinski definition) is 2. The number of nitrogens with one attached hydrogen (secondary N) is 1. The van der Waals surface area contributed by atoms with E-state index in [1.807, 2.05) is 0 Å². The number of ether oxygens (including phenoxy) is 1. The van der Waals surface area contributed by atoms with Crippen molar-refractivity contribution in [3.05, 3.63) is 0 Å². The van der Waals surface area contributed by atoms with E-state index in [0.717, 1.165) is 25.9 Å². The minimum Gasteiger partial charge on any atom is -0.480 e. The average Bonchev–Trinajstić information content (AvgIpc) is 2.96. The number of carbonyl (C=O) groups excluding carboxylic acids is 1. The molecule has 0 unspecified atom stereocenters. The van der Waals surface area contributed by atoms with Crippen LogP contribution in [-0.2, 0) is 14.3 Å². The van der Waals surface area contributed by atoms with Crippen LogP contribution >= 0.6 is 11.8 Å². The van der Waals surface area contributed by atoms with Gasteiger partial charge < -0.3 is 15.2 Å². The van der Waals surface area contributed by atoms with Crippen LogP contribution < -0.4 is 5.32 Å². The number of carboxylic acids is 1. The standard InChI is InChI=1S/C12H19NO4S/c14-11(4-3-9-2-1-5-17-9)13-8-6-10(12(15)16)18-7-8/h8-10H,1-7H2,(H,13,14)(H,15,16)/t8-,9-,10-/m0/s1. The van der Waals surface area contributed by atoms with Crippen molar-refractivity contribution in [2.45, 2.75) is 49.5 Å². The lowest BCUT2D eigenvalue weighted by Gasteiger charge is -2.13. The van der Waals surface area contributed by atoms with Gasteiger partial charge in [-0.1, -0.05) is 0 Å². The summed E-state index contributed by atoms with van der Waals surface area (Å²) < 4.78 is 5.46. The molecule has 102 valence electrons. The molecule has 6 heteroatoms. The Hall–Kier alpha value is -0.750. The van der Waals surface area contributed by atoms with Gasteiger partial charge in [0.25, 0.3) is 0 Å². The van der Waals surface area contributed by atoms with Gasteiger partial charge in [0, 0.05) is 24.8 Å². The Morgan fingerprint density at radius 2 is 2.28 bits per heavy atom. The number of thioether (sulfide) groups is 1. The smallest absolute Gasteiger partial charge is 0.316 e. The molecule has 3 atom stereocenters. The molecule has 2 aliphatic rings. The van der Waals surface area contributed by atoms with Crippen molar-refractivity contribution in [3.63, 3.8) is 0 Å². The lowest BCUT2D eigenvalue weighted by molar-refractivity contribution is -0.136. The Morgan fingerprint density at radius 1 is 1.44 bits per heavy atom. The lowest BCUT2D eigenvalue weighted by Crippen LogP contribution is -2.35. The van der Waals surface area contributed by atoms with Crippen LogP contribution in [0.2, 0.25) is 0 Å². The highest BCUT2D eigenvalue weighted by molar-refractivity contribution is 8.00. The third kappa shape index (κ3) is 3.88. The van der Waals surface area contributed by atoms with Gasteiger partial charge in [0.15, 0.2) is 0 Å². The van der Waals surface area contributed by atoms with Gasteiger partial charge in [-0.15, -0.1) is 11.8 Å². The summed E-state index contributed by atoms with van der Waals surface area (Å²) >= 11 is 1.41. The first-order valence-electron chi connectivity index (χ1n) is 6.40. The molecule has 2 aliphatic heterocycles. The molecular formula is C12H19NO4S. The molecule has 0 aromatic rings. The monoisotopic (exact) mass is 273 g/mol. The van der Waals surface area contributed by atoms with Gasteiger partial charge in [-0.25, -0.2) is 0 Å². The Balaban J connectivity index is 1.63. The number of amides is 1. The van der Waals surface area contributed by atoms with E-state index < -0.39 is 5.97 Å². The van der Waals surface area contributed by atoms with Gasteiger partial charge >= 0.3 is 5.97 Å². The van der Waals surface area contributed by atoms with Crippen LogP contribution in [0, 0.1) is 0 Å². The van der Waals surface area contributed by atoms with Crippen molar-refractivity contribution in [2.75, 3.05) is 12.4 Å². The molecule has 0 aromatic carbocycles. The van der Waals surface area contributed by atoms with Gasteiger partial charge in [-0.2, -0.15) is 0 Å². The van der Waals surface area contributed by atoms with Crippen molar-refractivity contribution < 1.29 is 19.4 Å². The number of rotatable bonds is 5. The molecule has 18 heavy (non-hydrogen) atoms. The van der Waals surface area contributed by atoms with E-state index >= 15 is 0 Å². The summed E-state index contributed by atoms with van der Waals surface area (Å²) in [5, 5.41) is 11.4. The van der Waals surface area contributed by atoms with Crippen molar-refractivity contribution >= 4 is 23.6 Å². The van der Waals surface area contributed by atoms with Crippen LogP contribution in [-0.4, -0.2) is 46.7 Å². The molecule has 2 rings (SSSR count). The fraction of sp³-hybridized carbons (Fsp3) is 0.833. The summed E-state index contributed by atoms with van der Waals surface area (Å²) in [6.07, 6.45) is 4.16. The summed E-state index contributed by atoms with van der Waals surface area (Å²) in [6, 6.07) is 0.00750. The van der Waals surface area contributed by atoms with Gasteiger partial charge in [0.05, 0.1) is 6.10 Å². The van der Waals surface area contributed by atoms with Crippen molar-refractivity contribution in [1.29, 1.82) is 0 Å². The number of aliphatic carboxylic acids is 1. The Labute approximate surface area is 111 Å². The second kappa shape index (κ2) is 6.43. The first-order valence-corrected chi connectivity index (χ1v) is 7.45. The number of carboxylic acid groups (broad SMARTS) is 1. The van der Waals surface area contributed by atoms with Crippen LogP contribution in [0.3, 0.4) is 0 Å². The number of carbonyl (C=O) groups is 2. The van der Waals surface area contributed by atoms with Gasteiger partial charge in [-0.3, -0.25) is 9.59 Å². The third-order valence-corrected chi connectivity index (χ3v) is 4.75. The molecule has 0 saturated carbocycles. The van der Waals surface area contributed by atoms with Crippen molar-refractivity contribution in [2.24, 2.45) is 0 Å². The minimum absolute atomic E-state index is 0.00750. The normalized spacial score (nSPS) is 31.4. The molecule has 0 aliphatic carbocycles. The Morgan fingerprint density at radius 3 is 2.89 bits per heavy atom. The van der Waals surface area contributed by atoms with Gasteiger partial charge in [0.1, 0.15) is 5.25 Å². The largest absolute Gasteiger partial charge is 0.480 e. The molecule has 0 spiro atoms. The predicted octanol–water partition coefficient (Wildman–Crippen LogP) is 1.02. The van der Waals surface area contributed by atoms with Crippen LogP contribution in [0.4, 0.5) is 0 Å². The molecule has 0 bridgehead atoms. The summed E-state index contributed by atoms with van der Waals surface area (Å²) in [5.41, 5.74) is 0. The molecule has 2 saturated heterocycles. The highest BCUT2D eigenvalue weighted by atomic mass is 32.2. The molecule has 5 nitrogen and oxygen atoms in total. The summed E-state index contributed by atoms with van der Waals surface area (Å²) in [5.74, 6) is -0.0685. The summed E-state index contributed by atoms with van der Waals surface area (Å²) in [4.78, 5) is 22.5. The van der Waals surface area contributed by atoms with E-state index in [1.54, 1.807) is 0 Å². The van der Waals surface area contributed by atoms with E-state index in [1.165, 1.54) is 11.8 Å². The van der Waals surface area contributed by atoms with E-state index in [0.29, 0.717) is 18.6 Å². The first kappa shape index (κ1) is 13.7.